The monoisotopic (exact) mass is 400 g/mol. The van der Waals surface area contributed by atoms with Crippen molar-refractivity contribution in [3.05, 3.63) is 42.0 Å². The molecule has 3 heterocycles. The molecule has 0 aliphatic carbocycles. The Bertz CT molecular complexity index is 787. The molecule has 0 amide bonds. The molecule has 2 aliphatic heterocycles. The van der Waals surface area contributed by atoms with E-state index in [1.807, 2.05) is 10.7 Å². The zero-order chi connectivity index (χ0) is 20.3. The van der Waals surface area contributed by atoms with Crippen molar-refractivity contribution in [3.8, 4) is 5.75 Å². The molecule has 0 unspecified atom stereocenters. The molecule has 0 radical (unpaired) electrons. The number of hydrogen-bond donors (Lipinski definition) is 1. The van der Waals surface area contributed by atoms with E-state index in [0.29, 0.717) is 6.54 Å². The molecular weight excluding hydrogens is 368 g/mol. The van der Waals surface area contributed by atoms with Crippen LogP contribution in [0.2, 0.25) is 0 Å². The third-order valence-corrected chi connectivity index (χ3v) is 6.33. The highest BCUT2D eigenvalue weighted by Crippen LogP contribution is 2.38. The highest BCUT2D eigenvalue weighted by atomic mass is 16.5. The lowest BCUT2D eigenvalue weighted by Crippen LogP contribution is -2.52. The van der Waals surface area contributed by atoms with Crippen LogP contribution in [0, 0.1) is 0 Å². The molecule has 1 N–H and O–H groups in total. The van der Waals surface area contributed by atoms with Crippen molar-refractivity contribution in [2.45, 2.75) is 69.9 Å². The van der Waals surface area contributed by atoms with Crippen LogP contribution >= 0.6 is 0 Å². The van der Waals surface area contributed by atoms with Gasteiger partial charge in [-0.3, -0.25) is 4.90 Å². The Morgan fingerprint density at radius 1 is 1.28 bits per heavy atom. The van der Waals surface area contributed by atoms with Gasteiger partial charge in [-0.1, -0.05) is 13.0 Å². The van der Waals surface area contributed by atoms with Crippen LogP contribution in [0.1, 0.15) is 50.2 Å². The Morgan fingerprint density at radius 2 is 2.10 bits per heavy atom. The molecule has 2 aliphatic rings. The number of piperidine rings is 1. The second-order valence-corrected chi connectivity index (χ2v) is 8.44. The van der Waals surface area contributed by atoms with Gasteiger partial charge in [0.2, 0.25) is 0 Å². The smallest absolute Gasteiger partial charge is 0.137 e. The van der Waals surface area contributed by atoms with Gasteiger partial charge in [0.05, 0.1) is 31.5 Å². The molecule has 4 rings (SSSR count). The van der Waals surface area contributed by atoms with Gasteiger partial charge in [0.25, 0.3) is 0 Å². The van der Waals surface area contributed by atoms with Crippen LogP contribution in [0.15, 0.2) is 30.9 Å². The van der Waals surface area contributed by atoms with E-state index >= 15 is 0 Å². The van der Waals surface area contributed by atoms with Crippen molar-refractivity contribution in [3.63, 3.8) is 0 Å². The normalized spacial score (nSPS) is 24.7. The minimum Gasteiger partial charge on any atom is -0.496 e. The molecule has 7 heteroatoms. The molecule has 2 atom stereocenters. The van der Waals surface area contributed by atoms with E-state index in [2.05, 4.69) is 34.0 Å². The summed E-state index contributed by atoms with van der Waals surface area (Å²) in [5.41, 5.74) is 2.24. The van der Waals surface area contributed by atoms with Crippen LogP contribution < -0.4 is 4.74 Å². The molecule has 1 aromatic carbocycles. The van der Waals surface area contributed by atoms with Crippen LogP contribution in [0.25, 0.3) is 0 Å². The molecule has 2 aromatic rings. The number of aromatic nitrogens is 3. The summed E-state index contributed by atoms with van der Waals surface area (Å²) in [6, 6.07) is 6.39. The van der Waals surface area contributed by atoms with Crippen LogP contribution in [0.3, 0.4) is 0 Å². The number of benzene rings is 1. The van der Waals surface area contributed by atoms with Crippen LogP contribution in [-0.2, 0) is 17.8 Å². The topological polar surface area (TPSA) is 72.6 Å². The maximum Gasteiger partial charge on any atom is 0.137 e. The second-order valence-electron chi connectivity index (χ2n) is 8.44. The van der Waals surface area contributed by atoms with Crippen molar-refractivity contribution in [2.24, 2.45) is 0 Å². The number of nitrogens with zero attached hydrogens (tertiary/aromatic N) is 4. The molecule has 7 nitrogen and oxygen atoms in total. The van der Waals surface area contributed by atoms with Gasteiger partial charge in [-0.15, -0.1) is 0 Å². The number of methoxy groups -OCH3 is 1. The zero-order valence-electron chi connectivity index (χ0n) is 17.5. The van der Waals surface area contributed by atoms with E-state index in [1.54, 1.807) is 19.8 Å². The van der Waals surface area contributed by atoms with Gasteiger partial charge in [-0.2, -0.15) is 5.10 Å². The Hall–Kier alpha value is -1.96. The lowest BCUT2D eigenvalue weighted by atomic mass is 9.81. The van der Waals surface area contributed by atoms with E-state index in [9.17, 15) is 5.11 Å². The molecule has 29 heavy (non-hydrogen) atoms. The summed E-state index contributed by atoms with van der Waals surface area (Å²) in [4.78, 5) is 6.50. The number of ether oxygens (including phenoxy) is 2. The zero-order valence-corrected chi connectivity index (χ0v) is 17.5. The number of rotatable bonds is 6. The summed E-state index contributed by atoms with van der Waals surface area (Å²) in [6.07, 6.45) is 7.76. The molecule has 0 bridgehead atoms. The van der Waals surface area contributed by atoms with Crippen molar-refractivity contribution >= 4 is 0 Å². The summed E-state index contributed by atoms with van der Waals surface area (Å²) in [7, 11) is 1.70. The molecule has 1 aromatic heterocycles. The summed E-state index contributed by atoms with van der Waals surface area (Å²) in [5, 5.41) is 14.5. The van der Waals surface area contributed by atoms with Gasteiger partial charge < -0.3 is 14.6 Å². The van der Waals surface area contributed by atoms with Crippen molar-refractivity contribution in [2.75, 3.05) is 20.2 Å². The fraction of sp³-hybridized carbons (Fsp3) is 0.636. The second kappa shape index (κ2) is 8.81. The van der Waals surface area contributed by atoms with Crippen molar-refractivity contribution in [1.82, 2.24) is 19.7 Å². The Balaban J connectivity index is 1.39. The fourth-order valence-corrected chi connectivity index (χ4v) is 4.76. The minimum absolute atomic E-state index is 0.132. The largest absolute Gasteiger partial charge is 0.496 e. The summed E-state index contributed by atoms with van der Waals surface area (Å²) in [5.74, 6) is 0.872. The Morgan fingerprint density at radius 3 is 2.79 bits per heavy atom. The average Bonchev–Trinajstić information content (AvgIpc) is 3.23. The fourth-order valence-electron chi connectivity index (χ4n) is 4.76. The first-order chi connectivity index (χ1) is 14.1. The van der Waals surface area contributed by atoms with Gasteiger partial charge in [0.15, 0.2) is 0 Å². The molecule has 1 spiro atoms. The van der Waals surface area contributed by atoms with E-state index in [0.717, 1.165) is 63.1 Å². The standard InChI is InChI=1S/C22H32N4O3/c1-3-20-11-19(27)12-22(29-20)6-8-25(9-7-22)13-17-4-5-21(28-2)18(10-17)14-26-16-23-15-24-26/h4-5,10,15-16,19-20,27H,3,6-9,11-14H2,1-2H3/t19-,20+/m1/s1. The molecule has 158 valence electrons. The van der Waals surface area contributed by atoms with Crippen molar-refractivity contribution in [1.29, 1.82) is 0 Å². The third-order valence-electron chi connectivity index (χ3n) is 6.33. The first kappa shape index (κ1) is 20.3. The first-order valence-electron chi connectivity index (χ1n) is 10.7. The van der Waals surface area contributed by atoms with Gasteiger partial charge in [-0.25, -0.2) is 9.67 Å². The maximum absolute atomic E-state index is 10.3. The number of hydrogen-bond acceptors (Lipinski definition) is 6. The number of aliphatic hydroxyl groups excluding tert-OH is 1. The molecule has 2 fully saturated rings. The SMILES string of the molecule is CC[C@H]1C[C@@H](O)CC2(CCN(Cc3ccc(OC)c(Cn4cncn4)c3)CC2)O1. The van der Waals surface area contributed by atoms with Gasteiger partial charge in [0.1, 0.15) is 18.4 Å². The third kappa shape index (κ3) is 4.79. The molecular formula is C22H32N4O3. The van der Waals surface area contributed by atoms with Crippen LogP contribution in [0.5, 0.6) is 5.75 Å². The van der Waals surface area contributed by atoms with Gasteiger partial charge in [0, 0.05) is 31.6 Å². The first-order valence-corrected chi connectivity index (χ1v) is 10.7. The predicted octanol–water partition coefficient (Wildman–Crippen LogP) is 2.62. The van der Waals surface area contributed by atoms with Crippen LogP contribution in [-0.4, -0.2) is 62.8 Å². The van der Waals surface area contributed by atoms with E-state index in [4.69, 9.17) is 9.47 Å². The molecule has 2 saturated heterocycles. The predicted molar refractivity (Wildman–Crippen MR) is 110 cm³/mol. The highest BCUT2D eigenvalue weighted by Gasteiger charge is 2.42. The Kier molecular flexibility index (Phi) is 6.18. The molecule has 0 saturated carbocycles. The van der Waals surface area contributed by atoms with Gasteiger partial charge in [-0.05, 0) is 43.4 Å². The highest BCUT2D eigenvalue weighted by molar-refractivity contribution is 5.37. The summed E-state index contributed by atoms with van der Waals surface area (Å²) < 4.78 is 13.8. The van der Waals surface area contributed by atoms with Crippen molar-refractivity contribution < 1.29 is 14.6 Å². The number of aliphatic hydroxyl groups is 1. The number of likely N-dealkylation sites (tertiary alicyclic amines) is 1. The average molecular weight is 401 g/mol. The lowest BCUT2D eigenvalue weighted by Gasteiger charge is -2.48. The maximum atomic E-state index is 10.3. The van der Waals surface area contributed by atoms with Gasteiger partial charge >= 0.3 is 0 Å². The minimum atomic E-state index is -0.221. The van der Waals surface area contributed by atoms with Crippen LogP contribution in [0.4, 0.5) is 0 Å². The van der Waals surface area contributed by atoms with E-state index < -0.39 is 0 Å². The summed E-state index contributed by atoms with van der Waals surface area (Å²) in [6.45, 7) is 5.68. The Labute approximate surface area is 172 Å². The van der Waals surface area contributed by atoms with E-state index in [1.165, 1.54) is 5.56 Å². The quantitative estimate of drug-likeness (QED) is 0.804. The summed E-state index contributed by atoms with van der Waals surface area (Å²) >= 11 is 0. The lowest BCUT2D eigenvalue weighted by molar-refractivity contribution is -0.182. The van der Waals surface area contributed by atoms with E-state index in [-0.39, 0.29) is 17.8 Å².